The van der Waals surface area contributed by atoms with Gasteiger partial charge in [-0.05, 0) is 12.5 Å². The van der Waals surface area contributed by atoms with Gasteiger partial charge in [-0.2, -0.15) is 5.10 Å². The van der Waals surface area contributed by atoms with Gasteiger partial charge in [0, 0.05) is 23.4 Å². The van der Waals surface area contributed by atoms with Crippen LogP contribution < -0.4 is 0 Å². The lowest BCUT2D eigenvalue weighted by atomic mass is 10.1. The topological polar surface area (TPSA) is 71.8 Å². The van der Waals surface area contributed by atoms with Crippen LogP contribution >= 0.6 is 0 Å². The van der Waals surface area contributed by atoms with Gasteiger partial charge in [-0.3, -0.25) is 15.2 Å². The van der Waals surface area contributed by atoms with E-state index in [1.807, 2.05) is 6.07 Å². The Balaban J connectivity index is 2.52. The molecule has 2 rings (SSSR count). The number of nitrogens with one attached hydrogen (secondary N) is 1. The maximum Gasteiger partial charge on any atom is 0.272 e. The Labute approximate surface area is 85.9 Å². The van der Waals surface area contributed by atoms with Gasteiger partial charge in [0.2, 0.25) is 0 Å². The third-order valence-corrected chi connectivity index (χ3v) is 2.24. The largest absolute Gasteiger partial charge is 0.285 e. The number of benzene rings is 1. The van der Waals surface area contributed by atoms with Gasteiger partial charge in [0.05, 0.1) is 11.1 Å². The molecule has 0 aliphatic rings. The Morgan fingerprint density at radius 1 is 1.40 bits per heavy atom. The molecule has 0 radical (unpaired) electrons. The van der Waals surface area contributed by atoms with Crippen LogP contribution in [0.25, 0.3) is 11.1 Å². The number of hydrogen-bond acceptors (Lipinski definition) is 3. The van der Waals surface area contributed by atoms with Crippen LogP contribution in [0.15, 0.2) is 30.6 Å². The molecule has 1 N–H and O–H groups in total. The number of aryl methyl sites for hydroxylation is 1. The van der Waals surface area contributed by atoms with Crippen molar-refractivity contribution in [2.75, 3.05) is 0 Å². The Bertz CT molecular complexity index is 491. The molecule has 0 spiro atoms. The van der Waals surface area contributed by atoms with Crippen molar-refractivity contribution in [1.29, 1.82) is 0 Å². The van der Waals surface area contributed by atoms with E-state index in [1.54, 1.807) is 31.5 Å². The van der Waals surface area contributed by atoms with Crippen molar-refractivity contribution < 1.29 is 4.92 Å². The molecule has 0 fully saturated rings. The molecule has 0 bridgehead atoms. The summed E-state index contributed by atoms with van der Waals surface area (Å²) in [5.41, 5.74) is 2.43. The minimum Gasteiger partial charge on any atom is -0.285 e. The van der Waals surface area contributed by atoms with Gasteiger partial charge in [-0.15, -0.1) is 0 Å². The molecule has 0 aliphatic carbocycles. The highest BCUT2D eigenvalue weighted by Gasteiger charge is 2.11. The molecule has 0 unspecified atom stereocenters. The highest BCUT2D eigenvalue weighted by molar-refractivity contribution is 5.65. The smallest absolute Gasteiger partial charge is 0.272 e. The van der Waals surface area contributed by atoms with Crippen LogP contribution in [0.1, 0.15) is 5.56 Å². The fourth-order valence-corrected chi connectivity index (χ4v) is 1.39. The molecule has 0 saturated carbocycles. The van der Waals surface area contributed by atoms with Crippen LogP contribution in [0.2, 0.25) is 0 Å². The molecular formula is C10H9N3O2. The van der Waals surface area contributed by atoms with E-state index < -0.39 is 0 Å². The summed E-state index contributed by atoms with van der Waals surface area (Å²) in [6, 6.07) is 5.13. The lowest BCUT2D eigenvalue weighted by molar-refractivity contribution is -0.385. The molecule has 0 atom stereocenters. The lowest BCUT2D eigenvalue weighted by Gasteiger charge is -2.00. The molecule has 76 valence electrons. The molecule has 0 saturated heterocycles. The number of aromatic amines is 1. The SMILES string of the molecule is Cc1ccc(-c2cn[nH]c2)cc1[N+](=O)[O-]. The Kier molecular flexibility index (Phi) is 2.21. The molecule has 15 heavy (non-hydrogen) atoms. The lowest BCUT2D eigenvalue weighted by Crippen LogP contribution is -1.91. The summed E-state index contributed by atoms with van der Waals surface area (Å²) >= 11 is 0. The van der Waals surface area contributed by atoms with Gasteiger partial charge in [-0.1, -0.05) is 12.1 Å². The maximum absolute atomic E-state index is 10.7. The number of nitro benzene ring substituents is 1. The van der Waals surface area contributed by atoms with E-state index in [4.69, 9.17) is 0 Å². The van der Waals surface area contributed by atoms with Crippen LogP contribution in [0, 0.1) is 17.0 Å². The summed E-state index contributed by atoms with van der Waals surface area (Å²) in [5, 5.41) is 17.2. The van der Waals surface area contributed by atoms with Gasteiger partial charge in [0.25, 0.3) is 5.69 Å². The molecule has 1 aromatic carbocycles. The standard InChI is InChI=1S/C10H9N3O2/c1-7-2-3-8(4-10(7)13(14)15)9-5-11-12-6-9/h2-6H,1H3,(H,11,12). The van der Waals surface area contributed by atoms with Crippen molar-refractivity contribution in [3.63, 3.8) is 0 Å². The van der Waals surface area contributed by atoms with Crippen LogP contribution in [-0.2, 0) is 0 Å². The fraction of sp³-hybridized carbons (Fsp3) is 0.100. The average molecular weight is 203 g/mol. The predicted octanol–water partition coefficient (Wildman–Crippen LogP) is 2.29. The van der Waals surface area contributed by atoms with Gasteiger partial charge in [0.1, 0.15) is 0 Å². The Morgan fingerprint density at radius 2 is 2.20 bits per heavy atom. The first kappa shape index (κ1) is 9.39. The normalized spacial score (nSPS) is 10.2. The summed E-state index contributed by atoms with van der Waals surface area (Å²) in [6.07, 6.45) is 3.34. The van der Waals surface area contributed by atoms with Gasteiger partial charge in [0.15, 0.2) is 0 Å². The number of rotatable bonds is 2. The number of hydrogen-bond donors (Lipinski definition) is 1. The summed E-state index contributed by atoms with van der Waals surface area (Å²) in [6.45, 7) is 1.72. The predicted molar refractivity (Wildman–Crippen MR) is 55.4 cm³/mol. The molecule has 0 aliphatic heterocycles. The van der Waals surface area contributed by atoms with E-state index in [-0.39, 0.29) is 10.6 Å². The van der Waals surface area contributed by atoms with E-state index in [2.05, 4.69) is 10.2 Å². The van der Waals surface area contributed by atoms with E-state index >= 15 is 0 Å². The molecular weight excluding hydrogens is 194 g/mol. The van der Waals surface area contributed by atoms with E-state index in [9.17, 15) is 10.1 Å². The summed E-state index contributed by atoms with van der Waals surface area (Å²) < 4.78 is 0. The zero-order chi connectivity index (χ0) is 10.8. The highest BCUT2D eigenvalue weighted by Crippen LogP contribution is 2.25. The monoisotopic (exact) mass is 203 g/mol. The van der Waals surface area contributed by atoms with E-state index in [0.717, 1.165) is 11.1 Å². The van der Waals surface area contributed by atoms with Crippen LogP contribution in [-0.4, -0.2) is 15.1 Å². The third kappa shape index (κ3) is 1.71. The zero-order valence-corrected chi connectivity index (χ0v) is 8.10. The second kappa shape index (κ2) is 3.53. The first-order valence-corrected chi connectivity index (χ1v) is 4.42. The Hall–Kier alpha value is -2.17. The average Bonchev–Trinajstić information content (AvgIpc) is 2.71. The number of nitro groups is 1. The van der Waals surface area contributed by atoms with Crippen molar-refractivity contribution in [1.82, 2.24) is 10.2 Å². The van der Waals surface area contributed by atoms with E-state index in [1.165, 1.54) is 0 Å². The summed E-state index contributed by atoms with van der Waals surface area (Å²) in [5.74, 6) is 0. The van der Waals surface area contributed by atoms with Crippen LogP contribution in [0.5, 0.6) is 0 Å². The number of aromatic nitrogens is 2. The van der Waals surface area contributed by atoms with Crippen molar-refractivity contribution in [2.24, 2.45) is 0 Å². The molecule has 1 heterocycles. The minimum atomic E-state index is -0.376. The number of H-pyrrole nitrogens is 1. The molecule has 5 nitrogen and oxygen atoms in total. The molecule has 5 heteroatoms. The summed E-state index contributed by atoms with van der Waals surface area (Å²) in [7, 11) is 0. The zero-order valence-electron chi connectivity index (χ0n) is 8.10. The van der Waals surface area contributed by atoms with Crippen molar-refractivity contribution in [2.45, 2.75) is 6.92 Å². The maximum atomic E-state index is 10.7. The van der Waals surface area contributed by atoms with Gasteiger partial charge in [-0.25, -0.2) is 0 Å². The quantitative estimate of drug-likeness (QED) is 0.601. The van der Waals surface area contributed by atoms with Crippen LogP contribution in [0.3, 0.4) is 0 Å². The second-order valence-electron chi connectivity index (χ2n) is 3.25. The fourth-order valence-electron chi connectivity index (χ4n) is 1.39. The van der Waals surface area contributed by atoms with E-state index in [0.29, 0.717) is 5.56 Å². The number of nitrogens with zero attached hydrogens (tertiary/aromatic N) is 2. The van der Waals surface area contributed by atoms with Gasteiger partial charge >= 0.3 is 0 Å². The van der Waals surface area contributed by atoms with Crippen molar-refractivity contribution in [3.8, 4) is 11.1 Å². The van der Waals surface area contributed by atoms with Gasteiger partial charge < -0.3 is 0 Å². The van der Waals surface area contributed by atoms with Crippen molar-refractivity contribution in [3.05, 3.63) is 46.3 Å². The third-order valence-electron chi connectivity index (χ3n) is 2.24. The highest BCUT2D eigenvalue weighted by atomic mass is 16.6. The van der Waals surface area contributed by atoms with Crippen LogP contribution in [0.4, 0.5) is 5.69 Å². The second-order valence-corrected chi connectivity index (χ2v) is 3.25. The molecule has 0 amide bonds. The molecule has 1 aromatic heterocycles. The van der Waals surface area contributed by atoms with Crippen molar-refractivity contribution >= 4 is 5.69 Å². The summed E-state index contributed by atoms with van der Waals surface area (Å²) in [4.78, 5) is 10.3. The first-order valence-electron chi connectivity index (χ1n) is 4.42. The first-order chi connectivity index (χ1) is 7.18. The Morgan fingerprint density at radius 3 is 2.80 bits per heavy atom. The minimum absolute atomic E-state index is 0.133. The molecule has 2 aromatic rings.